The van der Waals surface area contributed by atoms with Crippen LogP contribution in [-0.4, -0.2) is 41.9 Å². The van der Waals surface area contributed by atoms with Crippen LogP contribution in [0.5, 0.6) is 5.75 Å². The monoisotopic (exact) mass is 403 g/mol. The Morgan fingerprint density at radius 2 is 1.90 bits per heavy atom. The number of nitrogens with zero attached hydrogens (tertiary/aromatic N) is 1. The fourth-order valence-corrected chi connectivity index (χ4v) is 3.67. The molecule has 7 nitrogen and oxygen atoms in total. The fourth-order valence-electron chi connectivity index (χ4n) is 3.67. The van der Waals surface area contributed by atoms with Gasteiger partial charge in [-0.25, -0.2) is 4.79 Å². The topological polar surface area (TPSA) is 87.7 Å². The van der Waals surface area contributed by atoms with Crippen LogP contribution in [0.2, 0.25) is 0 Å². The quantitative estimate of drug-likeness (QED) is 0.437. The molecule has 0 aromatic heterocycles. The van der Waals surface area contributed by atoms with Crippen molar-refractivity contribution >= 4 is 17.8 Å². The molecular weight excluding hydrogens is 370 g/mol. The van der Waals surface area contributed by atoms with Gasteiger partial charge in [0.25, 0.3) is 5.91 Å². The van der Waals surface area contributed by atoms with E-state index >= 15 is 0 Å². The molecule has 0 aliphatic carbocycles. The predicted molar refractivity (Wildman–Crippen MR) is 112 cm³/mol. The van der Waals surface area contributed by atoms with Crippen LogP contribution in [0.3, 0.4) is 0 Å². The smallest absolute Gasteiger partial charge is 0.325 e. The van der Waals surface area contributed by atoms with Crippen LogP contribution < -0.4 is 15.4 Å². The average molecular weight is 404 g/mol. The van der Waals surface area contributed by atoms with Crippen molar-refractivity contribution in [1.82, 2.24) is 15.5 Å². The molecule has 29 heavy (non-hydrogen) atoms. The maximum atomic E-state index is 12.8. The van der Waals surface area contributed by atoms with Gasteiger partial charge < -0.3 is 15.4 Å². The van der Waals surface area contributed by atoms with Crippen molar-refractivity contribution in [2.24, 2.45) is 0 Å². The number of amides is 4. The van der Waals surface area contributed by atoms with Crippen LogP contribution in [0.25, 0.3) is 0 Å². The van der Waals surface area contributed by atoms with Crippen LogP contribution in [0, 0.1) is 0 Å². The van der Waals surface area contributed by atoms with Crippen LogP contribution in [0.1, 0.15) is 70.9 Å². The van der Waals surface area contributed by atoms with Gasteiger partial charge in [-0.15, -0.1) is 0 Å². The lowest BCUT2D eigenvalue weighted by Gasteiger charge is -2.22. The summed E-state index contributed by atoms with van der Waals surface area (Å²) in [6.07, 6.45) is 5.94. The zero-order valence-corrected chi connectivity index (χ0v) is 17.9. The number of hydrogen-bond acceptors (Lipinski definition) is 4. The van der Waals surface area contributed by atoms with Gasteiger partial charge in [0.15, 0.2) is 0 Å². The minimum Gasteiger partial charge on any atom is -0.496 e. The normalized spacial score (nSPS) is 19.8. The van der Waals surface area contributed by atoms with E-state index in [0.717, 1.165) is 36.1 Å². The van der Waals surface area contributed by atoms with Gasteiger partial charge >= 0.3 is 6.03 Å². The van der Waals surface area contributed by atoms with Gasteiger partial charge in [0.2, 0.25) is 5.91 Å². The summed E-state index contributed by atoms with van der Waals surface area (Å²) in [6, 6.07) is 6.58. The van der Waals surface area contributed by atoms with E-state index in [-0.39, 0.29) is 24.4 Å². The Hall–Kier alpha value is -2.57. The highest BCUT2D eigenvalue weighted by molar-refractivity contribution is 6.08. The van der Waals surface area contributed by atoms with Crippen molar-refractivity contribution in [2.75, 3.05) is 13.7 Å². The maximum absolute atomic E-state index is 12.8. The summed E-state index contributed by atoms with van der Waals surface area (Å²) in [5.74, 6) is -0.0527. The van der Waals surface area contributed by atoms with Crippen molar-refractivity contribution in [1.29, 1.82) is 0 Å². The Bertz CT molecular complexity index is 737. The second-order valence-electron chi connectivity index (χ2n) is 7.85. The number of imide groups is 1. The molecule has 2 atom stereocenters. The zero-order valence-electron chi connectivity index (χ0n) is 17.9. The number of carbonyl (C=O) groups is 3. The largest absolute Gasteiger partial charge is 0.496 e. The molecule has 160 valence electrons. The number of rotatable bonds is 11. The van der Waals surface area contributed by atoms with Gasteiger partial charge in [-0.3, -0.25) is 14.5 Å². The highest BCUT2D eigenvalue weighted by Gasteiger charge is 2.47. The van der Waals surface area contributed by atoms with E-state index < -0.39 is 11.6 Å². The van der Waals surface area contributed by atoms with Crippen molar-refractivity contribution < 1.29 is 19.1 Å². The number of ether oxygens (including phenoxy) is 1. The molecule has 1 fully saturated rings. The minimum absolute atomic E-state index is 0.296. The van der Waals surface area contributed by atoms with Crippen molar-refractivity contribution in [3.63, 3.8) is 0 Å². The number of para-hydroxylation sites is 1. The second kappa shape index (κ2) is 10.3. The summed E-state index contributed by atoms with van der Waals surface area (Å²) < 4.78 is 5.32. The first-order valence-electron chi connectivity index (χ1n) is 10.4. The average Bonchev–Trinajstić information content (AvgIpc) is 2.91. The zero-order chi connectivity index (χ0) is 21.4. The van der Waals surface area contributed by atoms with E-state index in [1.54, 1.807) is 14.0 Å². The first-order chi connectivity index (χ1) is 13.8. The Kier molecular flexibility index (Phi) is 8.05. The summed E-state index contributed by atoms with van der Waals surface area (Å²) >= 11 is 0. The molecule has 2 unspecified atom stereocenters. The predicted octanol–water partition coefficient (Wildman–Crippen LogP) is 3.54. The molecular formula is C22H33N3O4. The van der Waals surface area contributed by atoms with Crippen LogP contribution in [0.15, 0.2) is 24.3 Å². The molecule has 0 saturated carbocycles. The molecule has 4 amide bonds. The van der Waals surface area contributed by atoms with E-state index in [2.05, 4.69) is 17.6 Å². The lowest BCUT2D eigenvalue weighted by molar-refractivity contribution is -0.135. The molecule has 2 rings (SSSR count). The van der Waals surface area contributed by atoms with E-state index in [9.17, 15) is 14.4 Å². The van der Waals surface area contributed by atoms with Gasteiger partial charge in [-0.1, -0.05) is 57.2 Å². The molecule has 0 bridgehead atoms. The molecule has 1 heterocycles. The van der Waals surface area contributed by atoms with Gasteiger partial charge in [0.1, 0.15) is 17.8 Å². The SMILES string of the molecule is CCCCCCCC1(C)NC(=O)N(CC(=O)NC(C)c2ccccc2OC)C1=O. The maximum Gasteiger partial charge on any atom is 0.325 e. The third-order valence-electron chi connectivity index (χ3n) is 5.41. The molecule has 1 saturated heterocycles. The van der Waals surface area contributed by atoms with Crippen molar-refractivity contribution in [3.05, 3.63) is 29.8 Å². The molecule has 2 N–H and O–H groups in total. The molecule has 1 aliphatic rings. The first kappa shape index (κ1) is 22.7. The standard InChI is InChI=1S/C22H33N3O4/c1-5-6-7-8-11-14-22(3)20(27)25(21(28)24-22)15-19(26)23-16(2)17-12-9-10-13-18(17)29-4/h9-10,12-13,16H,5-8,11,14-15H2,1-4H3,(H,23,26)(H,24,28). The summed E-state index contributed by atoms with van der Waals surface area (Å²) in [5.41, 5.74) is -0.102. The first-order valence-corrected chi connectivity index (χ1v) is 10.4. The summed E-state index contributed by atoms with van der Waals surface area (Å²) in [7, 11) is 1.57. The minimum atomic E-state index is -0.933. The Labute approximate surface area is 173 Å². The molecule has 1 aromatic carbocycles. The lowest BCUT2D eigenvalue weighted by atomic mass is 9.94. The van der Waals surface area contributed by atoms with E-state index in [4.69, 9.17) is 4.74 Å². The lowest BCUT2D eigenvalue weighted by Crippen LogP contribution is -2.45. The van der Waals surface area contributed by atoms with Gasteiger partial charge in [0.05, 0.1) is 13.2 Å². The number of benzene rings is 1. The fraction of sp³-hybridized carbons (Fsp3) is 0.591. The van der Waals surface area contributed by atoms with Crippen LogP contribution in [-0.2, 0) is 9.59 Å². The number of nitrogens with one attached hydrogen (secondary N) is 2. The van der Waals surface area contributed by atoms with Gasteiger partial charge in [-0.2, -0.15) is 0 Å². The number of urea groups is 1. The van der Waals surface area contributed by atoms with E-state index in [1.165, 1.54) is 6.42 Å². The third-order valence-corrected chi connectivity index (χ3v) is 5.41. The number of unbranched alkanes of at least 4 members (excludes halogenated alkanes) is 4. The van der Waals surface area contributed by atoms with E-state index in [0.29, 0.717) is 12.2 Å². The Morgan fingerprint density at radius 3 is 2.59 bits per heavy atom. The molecule has 1 aliphatic heterocycles. The highest BCUT2D eigenvalue weighted by atomic mass is 16.5. The molecule has 0 spiro atoms. The molecule has 0 radical (unpaired) electrons. The van der Waals surface area contributed by atoms with Gasteiger partial charge in [0, 0.05) is 5.56 Å². The molecule has 7 heteroatoms. The summed E-state index contributed by atoms with van der Waals surface area (Å²) in [4.78, 5) is 38.6. The summed E-state index contributed by atoms with van der Waals surface area (Å²) in [6.45, 7) is 5.43. The van der Waals surface area contributed by atoms with Crippen molar-refractivity contribution in [3.8, 4) is 5.75 Å². The van der Waals surface area contributed by atoms with Crippen molar-refractivity contribution in [2.45, 2.75) is 70.9 Å². The number of hydrogen-bond donors (Lipinski definition) is 2. The third kappa shape index (κ3) is 5.71. The number of methoxy groups -OCH3 is 1. The van der Waals surface area contributed by atoms with E-state index in [1.807, 2.05) is 31.2 Å². The summed E-state index contributed by atoms with van der Waals surface area (Å²) in [5, 5.41) is 5.61. The van der Waals surface area contributed by atoms with Crippen LogP contribution >= 0.6 is 0 Å². The molecule has 1 aromatic rings. The van der Waals surface area contributed by atoms with Gasteiger partial charge in [-0.05, 0) is 26.3 Å². The Balaban J connectivity index is 1.92. The second-order valence-corrected chi connectivity index (χ2v) is 7.85. The number of carbonyl (C=O) groups excluding carboxylic acids is 3. The van der Waals surface area contributed by atoms with Crippen LogP contribution in [0.4, 0.5) is 4.79 Å². The Morgan fingerprint density at radius 1 is 1.21 bits per heavy atom. The highest BCUT2D eigenvalue weighted by Crippen LogP contribution is 2.26.